The number of rotatable bonds is 6. The Hall–Kier alpha value is -4.14. The van der Waals surface area contributed by atoms with Gasteiger partial charge in [-0.15, -0.1) is 10.2 Å². The van der Waals surface area contributed by atoms with E-state index >= 15 is 0 Å². The third kappa shape index (κ3) is 3.32. The van der Waals surface area contributed by atoms with Gasteiger partial charge in [-0.1, -0.05) is 30.3 Å². The molecule has 0 saturated carbocycles. The molecule has 0 aliphatic carbocycles. The zero-order valence-electron chi connectivity index (χ0n) is 18.7. The maximum absolute atomic E-state index is 13.2. The molecule has 0 bridgehead atoms. The Morgan fingerprint density at radius 2 is 1.64 bits per heavy atom. The number of aryl methyl sites for hydroxylation is 3. The standard InChI is InChI=1S/C24H24N6O3/c1-4-33-18-12-10-17(11-13-18)20-25-26-23-29(15-14-16-8-6-5-7-9-16)19-21(30(20)23)27(2)24(32)28(3)22(19)31/h5-13H,4,14-15H2,1-3H3. The molecule has 33 heavy (non-hydrogen) atoms. The molecular weight excluding hydrogens is 420 g/mol. The van der Waals surface area contributed by atoms with E-state index in [0.29, 0.717) is 42.3 Å². The lowest BCUT2D eigenvalue weighted by molar-refractivity contribution is 0.340. The molecule has 0 N–H and O–H groups in total. The molecule has 0 radical (unpaired) electrons. The van der Waals surface area contributed by atoms with Crippen molar-refractivity contribution in [3.63, 3.8) is 0 Å². The number of nitrogens with zero attached hydrogens (tertiary/aromatic N) is 6. The number of ether oxygens (including phenoxy) is 1. The van der Waals surface area contributed by atoms with Crippen LogP contribution in [0.3, 0.4) is 0 Å². The van der Waals surface area contributed by atoms with Crippen LogP contribution in [0.4, 0.5) is 0 Å². The fourth-order valence-electron chi connectivity index (χ4n) is 4.20. The van der Waals surface area contributed by atoms with E-state index in [4.69, 9.17) is 4.74 Å². The molecule has 0 amide bonds. The van der Waals surface area contributed by atoms with E-state index in [2.05, 4.69) is 10.2 Å². The first-order chi connectivity index (χ1) is 16.0. The van der Waals surface area contributed by atoms with Gasteiger partial charge in [-0.05, 0) is 43.2 Å². The minimum absolute atomic E-state index is 0.357. The SMILES string of the molecule is CCOc1ccc(-c2nnc3n(CCc4ccccc4)c4c(=O)n(C)c(=O)n(C)c4n23)cc1. The van der Waals surface area contributed by atoms with Gasteiger partial charge in [0, 0.05) is 26.2 Å². The van der Waals surface area contributed by atoms with Crippen molar-refractivity contribution in [2.75, 3.05) is 6.61 Å². The number of benzene rings is 2. The van der Waals surface area contributed by atoms with E-state index in [1.165, 1.54) is 11.6 Å². The number of imidazole rings is 1. The second-order valence-corrected chi connectivity index (χ2v) is 7.88. The molecule has 168 valence electrons. The van der Waals surface area contributed by atoms with E-state index in [0.717, 1.165) is 21.4 Å². The van der Waals surface area contributed by atoms with Gasteiger partial charge in [0.15, 0.2) is 17.0 Å². The Bertz CT molecular complexity index is 1570. The summed E-state index contributed by atoms with van der Waals surface area (Å²) < 4.78 is 11.8. The van der Waals surface area contributed by atoms with E-state index in [-0.39, 0.29) is 5.56 Å². The van der Waals surface area contributed by atoms with Gasteiger partial charge < -0.3 is 9.30 Å². The van der Waals surface area contributed by atoms with E-state index in [9.17, 15) is 9.59 Å². The highest BCUT2D eigenvalue weighted by Crippen LogP contribution is 2.26. The molecule has 3 heterocycles. The minimum atomic E-state index is -0.402. The summed E-state index contributed by atoms with van der Waals surface area (Å²) in [5.74, 6) is 1.83. The van der Waals surface area contributed by atoms with Crippen LogP contribution in [0, 0.1) is 0 Å². The maximum Gasteiger partial charge on any atom is 0.332 e. The van der Waals surface area contributed by atoms with Crippen molar-refractivity contribution in [3.05, 3.63) is 81.0 Å². The summed E-state index contributed by atoms with van der Waals surface area (Å²) in [6.45, 7) is 3.03. The maximum atomic E-state index is 13.2. The molecule has 0 saturated heterocycles. The largest absolute Gasteiger partial charge is 0.494 e. The Morgan fingerprint density at radius 1 is 0.909 bits per heavy atom. The Morgan fingerprint density at radius 3 is 2.33 bits per heavy atom. The molecule has 9 heteroatoms. The van der Waals surface area contributed by atoms with Crippen LogP contribution < -0.4 is 16.0 Å². The Labute approximate surface area is 189 Å². The highest BCUT2D eigenvalue weighted by atomic mass is 16.5. The number of aromatic nitrogens is 6. The van der Waals surface area contributed by atoms with Crippen molar-refractivity contribution in [1.29, 1.82) is 0 Å². The molecule has 5 rings (SSSR count). The van der Waals surface area contributed by atoms with Crippen LogP contribution in [0.15, 0.2) is 64.2 Å². The van der Waals surface area contributed by atoms with E-state index in [1.54, 1.807) is 11.4 Å². The van der Waals surface area contributed by atoms with Gasteiger partial charge in [-0.3, -0.25) is 13.9 Å². The number of fused-ring (bicyclic) bond motifs is 3. The Kier molecular flexibility index (Phi) is 5.08. The summed E-state index contributed by atoms with van der Waals surface area (Å²) in [5.41, 5.74) is 2.09. The molecular formula is C24H24N6O3. The lowest BCUT2D eigenvalue weighted by Crippen LogP contribution is -2.37. The average Bonchev–Trinajstić information content (AvgIpc) is 3.40. The molecule has 5 aromatic rings. The van der Waals surface area contributed by atoms with Crippen LogP contribution in [0.2, 0.25) is 0 Å². The lowest BCUT2D eigenvalue weighted by atomic mass is 10.1. The van der Waals surface area contributed by atoms with Crippen LogP contribution in [-0.2, 0) is 27.1 Å². The van der Waals surface area contributed by atoms with Crippen LogP contribution in [0.25, 0.3) is 28.3 Å². The summed E-state index contributed by atoms with van der Waals surface area (Å²) >= 11 is 0. The molecule has 0 fully saturated rings. The minimum Gasteiger partial charge on any atom is -0.494 e. The Balaban J connectivity index is 1.75. The van der Waals surface area contributed by atoms with Crippen molar-refractivity contribution in [2.24, 2.45) is 14.1 Å². The quantitative estimate of drug-likeness (QED) is 0.401. The van der Waals surface area contributed by atoms with Crippen molar-refractivity contribution < 1.29 is 4.74 Å². The summed E-state index contributed by atoms with van der Waals surface area (Å²) in [4.78, 5) is 26.0. The first-order valence-corrected chi connectivity index (χ1v) is 10.8. The molecule has 0 aliphatic heterocycles. The van der Waals surface area contributed by atoms with Crippen molar-refractivity contribution in [2.45, 2.75) is 19.9 Å². The normalized spacial score (nSPS) is 11.5. The molecule has 9 nitrogen and oxygen atoms in total. The van der Waals surface area contributed by atoms with Gasteiger partial charge in [-0.25, -0.2) is 9.20 Å². The van der Waals surface area contributed by atoms with Crippen LogP contribution >= 0.6 is 0 Å². The molecule has 0 atom stereocenters. The zero-order valence-corrected chi connectivity index (χ0v) is 18.7. The van der Waals surface area contributed by atoms with Crippen LogP contribution in [-0.4, -0.2) is 34.9 Å². The van der Waals surface area contributed by atoms with Crippen molar-refractivity contribution >= 4 is 16.9 Å². The summed E-state index contributed by atoms with van der Waals surface area (Å²) in [7, 11) is 3.15. The monoisotopic (exact) mass is 444 g/mol. The third-order valence-electron chi connectivity index (χ3n) is 5.87. The molecule has 3 aromatic heterocycles. The zero-order chi connectivity index (χ0) is 23.1. The van der Waals surface area contributed by atoms with Crippen LogP contribution in [0.5, 0.6) is 5.75 Å². The lowest BCUT2D eigenvalue weighted by Gasteiger charge is -2.08. The first kappa shape index (κ1) is 20.7. The molecule has 2 aromatic carbocycles. The topological polar surface area (TPSA) is 88.3 Å². The predicted molar refractivity (Wildman–Crippen MR) is 126 cm³/mol. The summed E-state index contributed by atoms with van der Waals surface area (Å²) in [6.07, 6.45) is 0.706. The second kappa shape index (κ2) is 8.09. The van der Waals surface area contributed by atoms with Crippen molar-refractivity contribution in [3.8, 4) is 17.1 Å². The van der Waals surface area contributed by atoms with Gasteiger partial charge in [0.2, 0.25) is 5.78 Å². The second-order valence-electron chi connectivity index (χ2n) is 7.88. The van der Waals surface area contributed by atoms with Gasteiger partial charge >= 0.3 is 5.69 Å². The van der Waals surface area contributed by atoms with Crippen molar-refractivity contribution in [1.82, 2.24) is 28.3 Å². The van der Waals surface area contributed by atoms with Gasteiger partial charge in [-0.2, -0.15) is 0 Å². The molecule has 0 unspecified atom stereocenters. The van der Waals surface area contributed by atoms with Gasteiger partial charge in [0.25, 0.3) is 5.56 Å². The first-order valence-electron chi connectivity index (χ1n) is 10.8. The van der Waals surface area contributed by atoms with E-state index in [1.807, 2.05) is 66.1 Å². The fourth-order valence-corrected chi connectivity index (χ4v) is 4.20. The van der Waals surface area contributed by atoms with Gasteiger partial charge in [0.05, 0.1) is 6.61 Å². The number of hydrogen-bond donors (Lipinski definition) is 0. The third-order valence-corrected chi connectivity index (χ3v) is 5.87. The average molecular weight is 444 g/mol. The highest BCUT2D eigenvalue weighted by molar-refractivity contribution is 5.79. The summed E-state index contributed by atoms with van der Waals surface area (Å²) in [5, 5.41) is 8.84. The fraction of sp³-hybridized carbons (Fsp3) is 0.250. The molecule has 0 aliphatic rings. The molecule has 0 spiro atoms. The van der Waals surface area contributed by atoms with E-state index < -0.39 is 5.69 Å². The highest BCUT2D eigenvalue weighted by Gasteiger charge is 2.24. The summed E-state index contributed by atoms with van der Waals surface area (Å²) in [6, 6.07) is 17.6. The van der Waals surface area contributed by atoms with Crippen LogP contribution in [0.1, 0.15) is 12.5 Å². The smallest absolute Gasteiger partial charge is 0.332 e. The predicted octanol–water partition coefficient (Wildman–Crippen LogP) is 2.39. The number of hydrogen-bond acceptors (Lipinski definition) is 5. The van der Waals surface area contributed by atoms with Gasteiger partial charge in [0.1, 0.15) is 5.75 Å².